The molecule has 0 bridgehead atoms. The zero-order valence-corrected chi connectivity index (χ0v) is 16.3. The summed E-state index contributed by atoms with van der Waals surface area (Å²) < 4.78 is 19.4. The van der Waals surface area contributed by atoms with Gasteiger partial charge in [-0.2, -0.15) is 0 Å². The van der Waals surface area contributed by atoms with Gasteiger partial charge in [0.05, 0.1) is 12.1 Å². The Balaban J connectivity index is 1.49. The summed E-state index contributed by atoms with van der Waals surface area (Å²) in [5, 5.41) is 1.14. The molecular weight excluding hydrogens is 387 g/mol. The Morgan fingerprint density at radius 3 is 2.67 bits per heavy atom. The molecule has 0 unspecified atom stereocenters. The molecule has 1 aliphatic heterocycles. The first kappa shape index (κ1) is 18.1. The monoisotopic (exact) mass is 404 g/mol. The SMILES string of the molecule is COc1cccc(N2CCN(C(=O)c3sc4cc(F)ccc4c3Cl)CC2)c1. The number of hydrogen-bond acceptors (Lipinski definition) is 4. The summed E-state index contributed by atoms with van der Waals surface area (Å²) in [7, 11) is 1.65. The van der Waals surface area contributed by atoms with E-state index in [0.717, 1.165) is 29.9 Å². The van der Waals surface area contributed by atoms with Gasteiger partial charge in [0.25, 0.3) is 5.91 Å². The van der Waals surface area contributed by atoms with Crippen LogP contribution in [0.5, 0.6) is 5.75 Å². The van der Waals surface area contributed by atoms with Crippen molar-refractivity contribution in [2.24, 2.45) is 0 Å². The fourth-order valence-corrected chi connectivity index (χ4v) is 4.80. The summed E-state index contributed by atoms with van der Waals surface area (Å²) in [6.07, 6.45) is 0. The molecule has 1 saturated heterocycles. The highest BCUT2D eigenvalue weighted by Gasteiger charge is 2.26. The molecular formula is C20H18ClFN2O2S. The Morgan fingerprint density at radius 1 is 1.15 bits per heavy atom. The lowest BCUT2D eigenvalue weighted by Gasteiger charge is -2.36. The van der Waals surface area contributed by atoms with E-state index >= 15 is 0 Å². The van der Waals surface area contributed by atoms with Gasteiger partial charge in [0.15, 0.2) is 0 Å². The Kier molecular flexibility index (Phi) is 4.93. The third-order valence-electron chi connectivity index (χ3n) is 4.77. The van der Waals surface area contributed by atoms with E-state index in [4.69, 9.17) is 16.3 Å². The molecule has 0 saturated carbocycles. The molecule has 3 aromatic rings. The highest BCUT2D eigenvalue weighted by Crippen LogP contribution is 2.36. The number of piperazine rings is 1. The van der Waals surface area contributed by atoms with Crippen LogP contribution in [0.15, 0.2) is 42.5 Å². The van der Waals surface area contributed by atoms with Crippen molar-refractivity contribution in [1.29, 1.82) is 0 Å². The summed E-state index contributed by atoms with van der Waals surface area (Å²) in [4.78, 5) is 17.5. The van der Waals surface area contributed by atoms with E-state index < -0.39 is 0 Å². The average Bonchev–Trinajstić information content (AvgIpc) is 3.03. The molecule has 1 amide bonds. The summed E-state index contributed by atoms with van der Waals surface area (Å²) in [5.41, 5.74) is 1.08. The molecule has 0 aliphatic carbocycles. The lowest BCUT2D eigenvalue weighted by Crippen LogP contribution is -2.48. The standard InChI is InChI=1S/C20H18ClFN2O2S/c1-26-15-4-2-3-14(12-15)23-7-9-24(10-8-23)20(25)19-18(21)16-6-5-13(22)11-17(16)27-19/h2-6,11-12H,7-10H2,1H3. The van der Waals surface area contributed by atoms with Crippen LogP contribution in [0.2, 0.25) is 5.02 Å². The maximum atomic E-state index is 13.4. The number of fused-ring (bicyclic) bond motifs is 1. The smallest absolute Gasteiger partial charge is 0.265 e. The number of amides is 1. The van der Waals surface area contributed by atoms with Crippen molar-refractivity contribution < 1.29 is 13.9 Å². The zero-order chi connectivity index (χ0) is 19.0. The van der Waals surface area contributed by atoms with Crippen molar-refractivity contribution in [3.8, 4) is 5.75 Å². The van der Waals surface area contributed by atoms with Gasteiger partial charge in [-0.3, -0.25) is 4.79 Å². The maximum Gasteiger partial charge on any atom is 0.265 e. The molecule has 140 valence electrons. The fourth-order valence-electron chi connectivity index (χ4n) is 3.30. The van der Waals surface area contributed by atoms with E-state index in [-0.39, 0.29) is 11.7 Å². The van der Waals surface area contributed by atoms with Gasteiger partial charge in [-0.05, 0) is 30.3 Å². The molecule has 7 heteroatoms. The first-order chi connectivity index (χ1) is 13.1. The number of carbonyl (C=O) groups is 1. The third kappa shape index (κ3) is 3.47. The van der Waals surface area contributed by atoms with Crippen LogP contribution in [0, 0.1) is 5.82 Å². The quantitative estimate of drug-likeness (QED) is 0.636. The summed E-state index contributed by atoms with van der Waals surface area (Å²) in [6.45, 7) is 2.68. The molecule has 0 spiro atoms. The minimum Gasteiger partial charge on any atom is -0.497 e. The van der Waals surface area contributed by atoms with E-state index in [2.05, 4.69) is 4.90 Å². The van der Waals surface area contributed by atoms with E-state index in [1.165, 1.54) is 23.5 Å². The minimum absolute atomic E-state index is 0.0908. The van der Waals surface area contributed by atoms with Gasteiger partial charge in [0.1, 0.15) is 16.4 Å². The average molecular weight is 405 g/mol. The number of rotatable bonds is 3. The minimum atomic E-state index is -0.327. The molecule has 0 atom stereocenters. The lowest BCUT2D eigenvalue weighted by molar-refractivity contribution is 0.0752. The fraction of sp³-hybridized carbons (Fsp3) is 0.250. The molecule has 4 rings (SSSR count). The molecule has 1 aliphatic rings. The molecule has 0 radical (unpaired) electrons. The number of carbonyl (C=O) groups excluding carboxylic acids is 1. The van der Waals surface area contributed by atoms with E-state index in [9.17, 15) is 9.18 Å². The number of halogens is 2. The van der Waals surface area contributed by atoms with E-state index in [0.29, 0.717) is 27.7 Å². The number of thiophene rings is 1. The van der Waals surface area contributed by atoms with Crippen molar-refractivity contribution in [2.75, 3.05) is 38.2 Å². The highest BCUT2D eigenvalue weighted by molar-refractivity contribution is 7.21. The second kappa shape index (κ2) is 7.37. The second-order valence-electron chi connectivity index (χ2n) is 6.37. The van der Waals surface area contributed by atoms with Crippen LogP contribution >= 0.6 is 22.9 Å². The number of benzene rings is 2. The van der Waals surface area contributed by atoms with Gasteiger partial charge < -0.3 is 14.5 Å². The first-order valence-corrected chi connectivity index (χ1v) is 9.82. The van der Waals surface area contributed by atoms with Crippen molar-refractivity contribution in [2.45, 2.75) is 0 Å². The van der Waals surface area contributed by atoms with E-state index in [1.54, 1.807) is 13.2 Å². The van der Waals surface area contributed by atoms with Crippen LogP contribution in [0.3, 0.4) is 0 Å². The van der Waals surface area contributed by atoms with Crippen molar-refractivity contribution in [3.63, 3.8) is 0 Å². The van der Waals surface area contributed by atoms with Gasteiger partial charge in [-0.15, -0.1) is 11.3 Å². The number of ether oxygens (including phenoxy) is 1. The van der Waals surface area contributed by atoms with Gasteiger partial charge in [0.2, 0.25) is 0 Å². The van der Waals surface area contributed by atoms with Gasteiger partial charge in [-0.1, -0.05) is 17.7 Å². The summed E-state index contributed by atoms with van der Waals surface area (Å²) in [5.74, 6) is 0.397. The van der Waals surface area contributed by atoms with Crippen LogP contribution in [0.25, 0.3) is 10.1 Å². The third-order valence-corrected chi connectivity index (χ3v) is 6.42. The molecule has 2 heterocycles. The number of hydrogen-bond donors (Lipinski definition) is 0. The Bertz CT molecular complexity index is 999. The summed E-state index contributed by atoms with van der Waals surface area (Å²) >= 11 is 7.65. The van der Waals surface area contributed by atoms with Crippen LogP contribution < -0.4 is 9.64 Å². The van der Waals surface area contributed by atoms with Crippen molar-refractivity contribution in [3.05, 3.63) is 58.2 Å². The second-order valence-corrected chi connectivity index (χ2v) is 7.80. The van der Waals surface area contributed by atoms with Gasteiger partial charge in [0, 0.05) is 48.0 Å². The van der Waals surface area contributed by atoms with Crippen LogP contribution in [0.4, 0.5) is 10.1 Å². The topological polar surface area (TPSA) is 32.8 Å². The first-order valence-electron chi connectivity index (χ1n) is 8.62. The molecule has 1 aromatic heterocycles. The largest absolute Gasteiger partial charge is 0.497 e. The molecule has 1 fully saturated rings. The Hall–Kier alpha value is -2.31. The van der Waals surface area contributed by atoms with Crippen molar-refractivity contribution >= 4 is 44.6 Å². The van der Waals surface area contributed by atoms with Crippen molar-refractivity contribution in [1.82, 2.24) is 4.90 Å². The number of anilines is 1. The molecule has 0 N–H and O–H groups in total. The highest BCUT2D eigenvalue weighted by atomic mass is 35.5. The van der Waals surface area contributed by atoms with Gasteiger partial charge in [-0.25, -0.2) is 4.39 Å². The predicted molar refractivity (Wildman–Crippen MR) is 108 cm³/mol. The molecule has 4 nitrogen and oxygen atoms in total. The number of methoxy groups -OCH3 is 1. The molecule has 2 aromatic carbocycles. The molecule has 27 heavy (non-hydrogen) atoms. The maximum absolute atomic E-state index is 13.4. The van der Waals surface area contributed by atoms with Gasteiger partial charge >= 0.3 is 0 Å². The Morgan fingerprint density at radius 2 is 1.93 bits per heavy atom. The summed E-state index contributed by atoms with van der Waals surface area (Å²) in [6, 6.07) is 12.3. The van der Waals surface area contributed by atoms with E-state index in [1.807, 2.05) is 29.2 Å². The number of nitrogens with zero attached hydrogens (tertiary/aromatic N) is 2. The zero-order valence-electron chi connectivity index (χ0n) is 14.7. The van der Waals surface area contributed by atoms with Crippen LogP contribution in [0.1, 0.15) is 9.67 Å². The Labute approximate surface area is 165 Å². The van der Waals surface area contributed by atoms with Crippen LogP contribution in [-0.4, -0.2) is 44.1 Å². The lowest BCUT2D eigenvalue weighted by atomic mass is 10.2. The van der Waals surface area contributed by atoms with Crippen LogP contribution in [-0.2, 0) is 0 Å². The normalized spacial score (nSPS) is 14.6. The predicted octanol–water partition coefficient (Wildman–Crippen LogP) is 4.66.